The van der Waals surface area contributed by atoms with E-state index in [-0.39, 0.29) is 40.2 Å². The average Bonchev–Trinajstić information content (AvgIpc) is 3.25. The van der Waals surface area contributed by atoms with E-state index in [0.29, 0.717) is 33.9 Å². The molecule has 10 heteroatoms. The third kappa shape index (κ3) is 5.98. The van der Waals surface area contributed by atoms with Gasteiger partial charge in [0.2, 0.25) is 0 Å². The van der Waals surface area contributed by atoms with E-state index < -0.39 is 30.1 Å². The number of nitrogens with one attached hydrogen (secondary N) is 1. The molecule has 1 aliphatic rings. The Morgan fingerprint density at radius 2 is 1.92 bits per heavy atom. The minimum absolute atomic E-state index is 0.0503. The maximum atomic E-state index is 14.6. The summed E-state index contributed by atoms with van der Waals surface area (Å²) < 4.78 is 82.8. The predicted octanol–water partition coefficient (Wildman–Crippen LogP) is 6.22. The summed E-state index contributed by atoms with van der Waals surface area (Å²) >= 11 is 6.19. The lowest BCUT2D eigenvalue weighted by molar-refractivity contribution is -0.151. The first kappa shape index (κ1) is 28.7. The molecule has 0 bridgehead atoms. The van der Waals surface area contributed by atoms with E-state index in [2.05, 4.69) is 16.9 Å². The fraction of sp³-hybridized carbons (Fsp3) is 0.345. The topological polar surface area (TPSA) is 43.4 Å². The van der Waals surface area contributed by atoms with Gasteiger partial charge in [-0.1, -0.05) is 32.0 Å². The first-order chi connectivity index (χ1) is 18.4. The van der Waals surface area contributed by atoms with E-state index in [1.165, 1.54) is 19.2 Å². The van der Waals surface area contributed by atoms with Crippen molar-refractivity contribution in [1.82, 2.24) is 10.3 Å². The van der Waals surface area contributed by atoms with Crippen LogP contribution in [-0.2, 0) is 6.42 Å². The van der Waals surface area contributed by atoms with Gasteiger partial charge < -0.3 is 14.8 Å². The molecule has 0 radical (unpaired) electrons. The molecular formula is C29H28ClF5N2O2. The first-order valence-electron chi connectivity index (χ1n) is 12.4. The van der Waals surface area contributed by atoms with Crippen molar-refractivity contribution >= 4 is 24.4 Å². The fourth-order valence-corrected chi connectivity index (χ4v) is 4.80. The smallest absolute Gasteiger partial charge is 0.397 e. The largest absolute Gasteiger partial charge is 0.496 e. The van der Waals surface area contributed by atoms with Crippen LogP contribution in [0.25, 0.3) is 24.0 Å². The van der Waals surface area contributed by atoms with Crippen LogP contribution in [0, 0.1) is 11.6 Å². The Balaban J connectivity index is 1.87. The van der Waals surface area contributed by atoms with Gasteiger partial charge in [-0.25, -0.2) is 13.8 Å². The zero-order valence-electron chi connectivity index (χ0n) is 21.7. The molecular weight excluding hydrogens is 539 g/mol. The lowest BCUT2D eigenvalue weighted by Crippen LogP contribution is -2.30. The highest BCUT2D eigenvalue weighted by Gasteiger charge is 2.43. The van der Waals surface area contributed by atoms with Crippen LogP contribution < -0.4 is 25.2 Å². The highest BCUT2D eigenvalue weighted by molar-refractivity contribution is 6.33. The molecule has 0 saturated carbocycles. The van der Waals surface area contributed by atoms with Gasteiger partial charge in [-0.2, -0.15) is 13.2 Å². The molecule has 1 aliphatic heterocycles. The Morgan fingerprint density at radius 1 is 1.21 bits per heavy atom. The van der Waals surface area contributed by atoms with Gasteiger partial charge in [0.15, 0.2) is 11.6 Å². The summed E-state index contributed by atoms with van der Waals surface area (Å²) in [7, 11) is 1.43. The Morgan fingerprint density at radius 3 is 2.59 bits per heavy atom. The van der Waals surface area contributed by atoms with Crippen LogP contribution in [0.5, 0.6) is 11.5 Å². The second kappa shape index (κ2) is 11.4. The van der Waals surface area contributed by atoms with Crippen molar-refractivity contribution < 1.29 is 31.4 Å². The first-order valence-corrected chi connectivity index (χ1v) is 12.8. The van der Waals surface area contributed by atoms with Gasteiger partial charge in [0.1, 0.15) is 23.1 Å². The third-order valence-electron chi connectivity index (χ3n) is 6.66. The van der Waals surface area contributed by atoms with Gasteiger partial charge in [-0.15, -0.1) is 0 Å². The summed E-state index contributed by atoms with van der Waals surface area (Å²) in [4.78, 5) is 4.30. The number of aromatic nitrogens is 1. The SMILES string of the molecule is C=c1c(OC)cc(CC(c2cc3c(c(-c4cc(F)c(F)cc4Cl)n2)OCC3C)C(F)(F)F)c/c1=C/NCCC. The third-order valence-corrected chi connectivity index (χ3v) is 6.97. The molecule has 0 saturated heterocycles. The summed E-state index contributed by atoms with van der Waals surface area (Å²) in [6.07, 6.45) is -2.55. The van der Waals surface area contributed by atoms with Gasteiger partial charge >= 0.3 is 6.18 Å². The van der Waals surface area contributed by atoms with E-state index in [1.54, 1.807) is 19.2 Å². The molecule has 1 N–H and O–H groups in total. The molecule has 4 nitrogen and oxygen atoms in total. The standard InChI is InChI=1S/C29H28ClF5N2O2/c1-5-6-36-13-18-7-17(9-26(38-4)16(18)3)8-21(29(33,34)35)25-11-19-15(2)14-39-28(19)27(37-25)20-10-23(31)24(32)12-22(20)30/h7,9-13,15,21,36H,3,5-6,8,14H2,1-2,4H3/b18-13-. The molecule has 2 atom stereocenters. The number of ether oxygens (including phenoxy) is 2. The fourth-order valence-electron chi connectivity index (χ4n) is 4.56. The zero-order valence-corrected chi connectivity index (χ0v) is 22.4. The molecule has 0 aliphatic carbocycles. The molecule has 2 heterocycles. The summed E-state index contributed by atoms with van der Waals surface area (Å²) in [6.45, 7) is 8.69. The van der Waals surface area contributed by atoms with Crippen LogP contribution in [0.1, 0.15) is 48.9 Å². The van der Waals surface area contributed by atoms with E-state index in [0.717, 1.165) is 18.6 Å². The maximum Gasteiger partial charge on any atom is 0.397 e. The van der Waals surface area contributed by atoms with Gasteiger partial charge in [0.05, 0.1) is 24.4 Å². The average molecular weight is 567 g/mol. The molecule has 0 fully saturated rings. The number of benzene rings is 2. The van der Waals surface area contributed by atoms with Crippen molar-refractivity contribution in [3.05, 3.63) is 74.2 Å². The van der Waals surface area contributed by atoms with Crippen molar-refractivity contribution in [2.75, 3.05) is 20.3 Å². The van der Waals surface area contributed by atoms with Crippen LogP contribution in [0.3, 0.4) is 0 Å². The van der Waals surface area contributed by atoms with Crippen molar-refractivity contribution in [2.24, 2.45) is 0 Å². The summed E-state index contributed by atoms with van der Waals surface area (Å²) in [5, 5.41) is 4.08. The van der Waals surface area contributed by atoms with Crippen LogP contribution in [0.4, 0.5) is 22.0 Å². The van der Waals surface area contributed by atoms with Crippen LogP contribution >= 0.6 is 11.6 Å². The highest BCUT2D eigenvalue weighted by atomic mass is 35.5. The molecule has 0 spiro atoms. The Labute approximate surface area is 228 Å². The number of alkyl halides is 3. The number of hydrogen-bond donors (Lipinski definition) is 1. The molecule has 3 aromatic rings. The zero-order chi connectivity index (χ0) is 28.5. The summed E-state index contributed by atoms with van der Waals surface area (Å²) in [6, 6.07) is 6.14. The number of methoxy groups -OCH3 is 1. The van der Waals surface area contributed by atoms with Gasteiger partial charge in [0, 0.05) is 40.2 Å². The molecule has 39 heavy (non-hydrogen) atoms. The Kier molecular flexibility index (Phi) is 8.39. The molecule has 2 aromatic carbocycles. The Bertz CT molecular complexity index is 1490. The predicted molar refractivity (Wildman–Crippen MR) is 142 cm³/mol. The van der Waals surface area contributed by atoms with Crippen LogP contribution in [-0.4, -0.2) is 31.4 Å². The molecule has 4 rings (SSSR count). The number of fused-ring (bicyclic) bond motifs is 1. The van der Waals surface area contributed by atoms with E-state index in [4.69, 9.17) is 21.1 Å². The summed E-state index contributed by atoms with van der Waals surface area (Å²) in [5.41, 5.74) is 0.472. The van der Waals surface area contributed by atoms with Crippen molar-refractivity contribution in [3.63, 3.8) is 0 Å². The molecule has 208 valence electrons. The molecule has 1 aromatic heterocycles. The van der Waals surface area contributed by atoms with Crippen molar-refractivity contribution in [1.29, 1.82) is 0 Å². The second-order valence-corrected chi connectivity index (χ2v) is 9.94. The van der Waals surface area contributed by atoms with Gasteiger partial charge in [0.25, 0.3) is 0 Å². The lowest BCUT2D eigenvalue weighted by Gasteiger charge is -2.22. The quantitative estimate of drug-likeness (QED) is 0.200. The second-order valence-electron chi connectivity index (χ2n) is 9.53. The number of halogens is 6. The maximum absolute atomic E-state index is 14.6. The monoisotopic (exact) mass is 566 g/mol. The normalized spacial score (nSPS) is 16.1. The number of hydrogen-bond acceptors (Lipinski definition) is 4. The summed E-state index contributed by atoms with van der Waals surface area (Å²) in [5.74, 6) is -4.07. The highest BCUT2D eigenvalue weighted by Crippen LogP contribution is 2.46. The van der Waals surface area contributed by atoms with E-state index >= 15 is 0 Å². The number of nitrogens with zero attached hydrogens (tertiary/aromatic N) is 1. The lowest BCUT2D eigenvalue weighted by atomic mass is 9.91. The minimum atomic E-state index is -4.68. The minimum Gasteiger partial charge on any atom is -0.496 e. The van der Waals surface area contributed by atoms with Crippen molar-refractivity contribution in [2.45, 2.75) is 44.7 Å². The molecule has 2 unspecified atom stereocenters. The van der Waals surface area contributed by atoms with Gasteiger partial charge in [-0.3, -0.25) is 0 Å². The van der Waals surface area contributed by atoms with Gasteiger partial charge in [-0.05, 0) is 48.7 Å². The Hall–Kier alpha value is -3.33. The van der Waals surface area contributed by atoms with E-state index in [1.807, 2.05) is 6.92 Å². The van der Waals surface area contributed by atoms with E-state index in [9.17, 15) is 22.0 Å². The molecule has 0 amide bonds. The van der Waals surface area contributed by atoms with Crippen molar-refractivity contribution in [3.8, 4) is 22.8 Å². The van der Waals surface area contributed by atoms with Crippen LogP contribution in [0.15, 0.2) is 30.3 Å². The number of pyridine rings is 1. The van der Waals surface area contributed by atoms with Crippen LogP contribution in [0.2, 0.25) is 5.02 Å². The number of rotatable bonds is 8.